The Bertz CT molecular complexity index is 375. The minimum atomic E-state index is -0.308. The van der Waals surface area contributed by atoms with Crippen molar-refractivity contribution in [3.63, 3.8) is 0 Å². The van der Waals surface area contributed by atoms with Crippen LogP contribution in [0.5, 0.6) is 0 Å². The van der Waals surface area contributed by atoms with Crippen LogP contribution in [0.25, 0.3) is 0 Å². The van der Waals surface area contributed by atoms with Gasteiger partial charge < -0.3 is 9.80 Å². The highest BCUT2D eigenvalue weighted by Gasteiger charge is 2.38. The van der Waals surface area contributed by atoms with Crippen molar-refractivity contribution in [3.05, 3.63) is 0 Å². The van der Waals surface area contributed by atoms with E-state index in [0.717, 1.165) is 25.2 Å². The summed E-state index contributed by atoms with van der Waals surface area (Å²) in [5.41, 5.74) is -0.308. The predicted octanol–water partition coefficient (Wildman–Crippen LogP) is 2.07. The van der Waals surface area contributed by atoms with Crippen LogP contribution in [-0.4, -0.2) is 61.2 Å². The van der Waals surface area contributed by atoms with Gasteiger partial charge in [0.05, 0.1) is 6.07 Å². The molecule has 1 saturated heterocycles. The summed E-state index contributed by atoms with van der Waals surface area (Å²) in [4.78, 5) is 4.95. The molecule has 2 aliphatic rings. The first-order chi connectivity index (χ1) is 9.94. The standard InChI is InChI=1S/C17H32N4/c1-14(2)19-17(13-18)8-5-6-16(10-17)21(4)12-15-7-9-20(3)11-15/h14-16,19H,5-12H2,1-4H3. The predicted molar refractivity (Wildman–Crippen MR) is 87.1 cm³/mol. The van der Waals surface area contributed by atoms with Crippen molar-refractivity contribution >= 4 is 0 Å². The zero-order valence-corrected chi connectivity index (χ0v) is 14.2. The zero-order chi connectivity index (χ0) is 15.5. The molecule has 0 radical (unpaired) electrons. The normalized spacial score (nSPS) is 34.5. The highest BCUT2D eigenvalue weighted by Crippen LogP contribution is 2.31. The van der Waals surface area contributed by atoms with Crippen LogP contribution in [0.15, 0.2) is 0 Å². The Kier molecular flexibility index (Phi) is 5.65. The third-order valence-corrected chi connectivity index (χ3v) is 5.16. The summed E-state index contributed by atoms with van der Waals surface area (Å²) < 4.78 is 0. The van der Waals surface area contributed by atoms with E-state index in [1.807, 2.05) is 0 Å². The Balaban J connectivity index is 1.92. The number of nitrogens with one attached hydrogen (secondary N) is 1. The topological polar surface area (TPSA) is 42.3 Å². The van der Waals surface area contributed by atoms with Crippen molar-refractivity contribution in [2.45, 2.75) is 63.6 Å². The molecule has 4 nitrogen and oxygen atoms in total. The van der Waals surface area contributed by atoms with Crippen LogP contribution >= 0.6 is 0 Å². The van der Waals surface area contributed by atoms with Crippen LogP contribution in [0.3, 0.4) is 0 Å². The molecule has 0 amide bonds. The minimum absolute atomic E-state index is 0.308. The number of hydrogen-bond acceptors (Lipinski definition) is 4. The van der Waals surface area contributed by atoms with Crippen molar-refractivity contribution < 1.29 is 0 Å². The minimum Gasteiger partial charge on any atom is -0.306 e. The van der Waals surface area contributed by atoms with E-state index in [-0.39, 0.29) is 5.54 Å². The van der Waals surface area contributed by atoms with Gasteiger partial charge in [-0.2, -0.15) is 5.26 Å². The van der Waals surface area contributed by atoms with Crippen molar-refractivity contribution in [3.8, 4) is 6.07 Å². The fourth-order valence-corrected chi connectivity index (χ4v) is 4.17. The van der Waals surface area contributed by atoms with Gasteiger partial charge in [-0.1, -0.05) is 0 Å². The van der Waals surface area contributed by atoms with Gasteiger partial charge in [-0.25, -0.2) is 0 Å². The van der Waals surface area contributed by atoms with Crippen LogP contribution in [0, 0.1) is 17.2 Å². The van der Waals surface area contributed by atoms with Crippen molar-refractivity contribution in [1.29, 1.82) is 5.26 Å². The van der Waals surface area contributed by atoms with Gasteiger partial charge in [0, 0.05) is 25.2 Å². The molecule has 1 aliphatic carbocycles. The summed E-state index contributed by atoms with van der Waals surface area (Å²) in [5, 5.41) is 13.2. The monoisotopic (exact) mass is 292 g/mol. The van der Waals surface area contributed by atoms with Crippen molar-refractivity contribution in [2.75, 3.05) is 33.7 Å². The van der Waals surface area contributed by atoms with Crippen LogP contribution in [0.2, 0.25) is 0 Å². The summed E-state index contributed by atoms with van der Waals surface area (Å²) >= 11 is 0. The third kappa shape index (κ3) is 4.42. The first kappa shape index (κ1) is 16.7. The molecule has 21 heavy (non-hydrogen) atoms. The van der Waals surface area contributed by atoms with Gasteiger partial charge in [0.15, 0.2) is 0 Å². The molecule has 0 aromatic carbocycles. The maximum Gasteiger partial charge on any atom is 0.108 e. The average molecular weight is 292 g/mol. The van der Waals surface area contributed by atoms with Crippen LogP contribution < -0.4 is 5.32 Å². The third-order valence-electron chi connectivity index (χ3n) is 5.16. The summed E-state index contributed by atoms with van der Waals surface area (Å²) in [5.74, 6) is 0.802. The summed E-state index contributed by atoms with van der Waals surface area (Å²) in [6.07, 6.45) is 5.69. The van der Waals surface area contributed by atoms with E-state index in [9.17, 15) is 5.26 Å². The van der Waals surface area contributed by atoms with Crippen molar-refractivity contribution in [2.24, 2.45) is 5.92 Å². The van der Waals surface area contributed by atoms with Gasteiger partial charge in [-0.05, 0) is 72.5 Å². The van der Waals surface area contributed by atoms with Gasteiger partial charge in [0.25, 0.3) is 0 Å². The molecule has 0 spiro atoms. The van der Waals surface area contributed by atoms with E-state index in [1.54, 1.807) is 0 Å². The molecule has 4 heteroatoms. The molecule has 0 bridgehead atoms. The largest absolute Gasteiger partial charge is 0.306 e. The van der Waals surface area contributed by atoms with E-state index >= 15 is 0 Å². The SMILES string of the molecule is CC(C)NC1(C#N)CCCC(N(C)CC2CCN(C)C2)C1. The Morgan fingerprint density at radius 1 is 1.43 bits per heavy atom. The number of nitrogens with zero attached hydrogens (tertiary/aromatic N) is 3. The molecule has 2 rings (SSSR count). The van der Waals surface area contributed by atoms with Gasteiger partial charge >= 0.3 is 0 Å². The molecule has 3 unspecified atom stereocenters. The van der Waals surface area contributed by atoms with E-state index in [0.29, 0.717) is 12.1 Å². The lowest BCUT2D eigenvalue weighted by Gasteiger charge is -2.42. The Labute approximate surface area is 130 Å². The molecule has 3 atom stereocenters. The van der Waals surface area contributed by atoms with Gasteiger partial charge in [0.1, 0.15) is 5.54 Å². The lowest BCUT2D eigenvalue weighted by molar-refractivity contribution is 0.125. The first-order valence-electron chi connectivity index (χ1n) is 8.52. The zero-order valence-electron chi connectivity index (χ0n) is 14.2. The van der Waals surface area contributed by atoms with Crippen LogP contribution in [0.4, 0.5) is 0 Å². The molecule has 120 valence electrons. The number of likely N-dealkylation sites (tertiary alicyclic amines) is 1. The molecule has 1 aliphatic heterocycles. The van der Waals surface area contributed by atoms with E-state index in [1.165, 1.54) is 32.5 Å². The molecular formula is C17H32N4. The van der Waals surface area contributed by atoms with E-state index in [2.05, 4.69) is 49.1 Å². The average Bonchev–Trinajstić information content (AvgIpc) is 2.83. The first-order valence-corrected chi connectivity index (χ1v) is 8.52. The Hall–Kier alpha value is -0.630. The second kappa shape index (κ2) is 7.09. The Morgan fingerprint density at radius 2 is 2.19 bits per heavy atom. The van der Waals surface area contributed by atoms with Crippen LogP contribution in [0.1, 0.15) is 46.0 Å². The maximum absolute atomic E-state index is 9.67. The second-order valence-corrected chi connectivity index (χ2v) is 7.60. The Morgan fingerprint density at radius 3 is 2.76 bits per heavy atom. The summed E-state index contributed by atoms with van der Waals surface area (Å²) in [7, 11) is 4.47. The maximum atomic E-state index is 9.67. The van der Waals surface area contributed by atoms with Crippen LogP contribution in [-0.2, 0) is 0 Å². The number of rotatable bonds is 5. The lowest BCUT2D eigenvalue weighted by Crippen LogP contribution is -2.54. The second-order valence-electron chi connectivity index (χ2n) is 7.60. The summed E-state index contributed by atoms with van der Waals surface area (Å²) in [6, 6.07) is 3.51. The van der Waals surface area contributed by atoms with Gasteiger partial charge in [-0.15, -0.1) is 0 Å². The highest BCUT2D eigenvalue weighted by molar-refractivity contribution is 5.11. The molecule has 1 N–H and O–H groups in total. The molecule has 1 saturated carbocycles. The molecule has 1 heterocycles. The van der Waals surface area contributed by atoms with Crippen molar-refractivity contribution in [1.82, 2.24) is 15.1 Å². The lowest BCUT2D eigenvalue weighted by atomic mass is 9.79. The van der Waals surface area contributed by atoms with Gasteiger partial charge in [-0.3, -0.25) is 5.32 Å². The van der Waals surface area contributed by atoms with E-state index in [4.69, 9.17) is 0 Å². The highest BCUT2D eigenvalue weighted by atomic mass is 15.2. The molecular weight excluding hydrogens is 260 g/mol. The molecule has 2 fully saturated rings. The quantitative estimate of drug-likeness (QED) is 0.842. The number of nitriles is 1. The molecule has 0 aromatic rings. The fraction of sp³-hybridized carbons (Fsp3) is 0.941. The van der Waals surface area contributed by atoms with E-state index < -0.39 is 0 Å². The fourth-order valence-electron chi connectivity index (χ4n) is 4.17. The summed E-state index contributed by atoms with van der Waals surface area (Å²) in [6.45, 7) is 7.92. The number of hydrogen-bond donors (Lipinski definition) is 1. The molecule has 0 aromatic heterocycles. The van der Waals surface area contributed by atoms with Gasteiger partial charge in [0.2, 0.25) is 0 Å². The smallest absolute Gasteiger partial charge is 0.108 e.